The van der Waals surface area contributed by atoms with E-state index in [9.17, 15) is 13.2 Å². The Hall–Kier alpha value is -1.78. The molecular weight excluding hydrogens is 370 g/mol. The van der Waals surface area contributed by atoms with Crippen LogP contribution in [0.5, 0.6) is 0 Å². The Morgan fingerprint density at radius 3 is 2.46 bits per heavy atom. The molecule has 4 N–H and O–H groups in total. The largest absolute Gasteiger partial charge is 0.504 e. The van der Waals surface area contributed by atoms with Crippen LogP contribution in [0.4, 0.5) is 24.9 Å². The number of rotatable bonds is 2. The molecule has 0 spiro atoms. The highest BCUT2D eigenvalue weighted by Gasteiger charge is 2.32. The summed E-state index contributed by atoms with van der Waals surface area (Å²) in [5.74, 6) is 0.544. The van der Waals surface area contributed by atoms with Crippen molar-refractivity contribution in [3.8, 4) is 11.3 Å². The SMILES string of the molecule is Cl.Cl.Nc1nc(-c2cnn(C(F)(F)F)c2)cc(N2CC[C@@H](N)C2)n1. The lowest BCUT2D eigenvalue weighted by atomic mass is 10.2. The number of hydrogen-bond donors (Lipinski definition) is 2. The molecule has 24 heavy (non-hydrogen) atoms. The Morgan fingerprint density at radius 1 is 1.21 bits per heavy atom. The molecule has 0 aliphatic carbocycles. The van der Waals surface area contributed by atoms with Gasteiger partial charge in [-0.05, 0) is 6.42 Å². The van der Waals surface area contributed by atoms with Gasteiger partial charge >= 0.3 is 6.30 Å². The van der Waals surface area contributed by atoms with E-state index < -0.39 is 6.30 Å². The second-order valence-electron chi connectivity index (χ2n) is 5.11. The van der Waals surface area contributed by atoms with Gasteiger partial charge < -0.3 is 16.4 Å². The van der Waals surface area contributed by atoms with Crippen molar-refractivity contribution < 1.29 is 13.2 Å². The Bertz CT molecular complexity index is 692. The van der Waals surface area contributed by atoms with Gasteiger partial charge in [-0.15, -0.1) is 38.0 Å². The minimum atomic E-state index is -4.57. The zero-order valence-electron chi connectivity index (χ0n) is 12.3. The zero-order valence-corrected chi connectivity index (χ0v) is 13.9. The van der Waals surface area contributed by atoms with E-state index in [1.807, 2.05) is 4.90 Å². The third-order valence-corrected chi connectivity index (χ3v) is 3.42. The molecule has 2 aromatic rings. The standard InChI is InChI=1S/C12H14F3N7.2ClH/c13-12(14,15)22-5-7(4-18-22)9-3-10(20-11(17)19-9)21-2-1-8(16)6-21;;/h3-5,8H,1-2,6,16H2,(H2,17,19,20);2*1H/t8-;;/m1../s1. The molecule has 1 atom stereocenters. The second kappa shape index (κ2) is 7.41. The molecule has 0 aromatic carbocycles. The van der Waals surface area contributed by atoms with Gasteiger partial charge in [-0.3, -0.25) is 0 Å². The van der Waals surface area contributed by atoms with Gasteiger partial charge in [0.2, 0.25) is 5.95 Å². The van der Waals surface area contributed by atoms with Crippen molar-refractivity contribution in [3.05, 3.63) is 18.5 Å². The molecule has 1 aliphatic heterocycles. The summed E-state index contributed by atoms with van der Waals surface area (Å²) in [6, 6.07) is 1.64. The van der Waals surface area contributed by atoms with Gasteiger partial charge in [0.05, 0.1) is 11.9 Å². The molecule has 0 radical (unpaired) electrons. The van der Waals surface area contributed by atoms with Crippen LogP contribution in [0.25, 0.3) is 11.3 Å². The van der Waals surface area contributed by atoms with Crippen molar-refractivity contribution in [1.29, 1.82) is 0 Å². The van der Waals surface area contributed by atoms with Crippen molar-refractivity contribution in [3.63, 3.8) is 0 Å². The molecule has 7 nitrogen and oxygen atoms in total. The molecule has 3 rings (SSSR count). The molecule has 3 heterocycles. The average molecular weight is 386 g/mol. The minimum Gasteiger partial charge on any atom is -0.368 e. The lowest BCUT2D eigenvalue weighted by Gasteiger charge is -2.17. The van der Waals surface area contributed by atoms with E-state index >= 15 is 0 Å². The Labute approximate surface area is 148 Å². The van der Waals surface area contributed by atoms with E-state index in [0.29, 0.717) is 18.1 Å². The predicted octanol–water partition coefficient (Wildman–Crippen LogP) is 1.78. The lowest BCUT2D eigenvalue weighted by molar-refractivity contribution is -0.212. The van der Waals surface area contributed by atoms with E-state index in [4.69, 9.17) is 11.5 Å². The normalized spacial score (nSPS) is 17.3. The summed E-state index contributed by atoms with van der Waals surface area (Å²) < 4.78 is 37.7. The van der Waals surface area contributed by atoms with Crippen molar-refractivity contribution in [2.24, 2.45) is 5.73 Å². The first-order chi connectivity index (χ1) is 10.3. The minimum absolute atomic E-state index is 0. The van der Waals surface area contributed by atoms with E-state index in [1.165, 1.54) is 0 Å². The lowest BCUT2D eigenvalue weighted by Crippen LogP contribution is -2.27. The molecule has 1 fully saturated rings. The molecule has 1 aliphatic rings. The first kappa shape index (κ1) is 20.3. The molecule has 0 unspecified atom stereocenters. The number of hydrogen-bond acceptors (Lipinski definition) is 6. The van der Waals surface area contributed by atoms with Gasteiger partial charge in [-0.1, -0.05) is 0 Å². The summed E-state index contributed by atoms with van der Waals surface area (Å²) in [6.07, 6.45) is -1.79. The Kier molecular flexibility index (Phi) is 6.26. The summed E-state index contributed by atoms with van der Waals surface area (Å²) in [4.78, 5) is 10.0. The Morgan fingerprint density at radius 2 is 1.92 bits per heavy atom. The fourth-order valence-electron chi connectivity index (χ4n) is 2.35. The van der Waals surface area contributed by atoms with E-state index in [-0.39, 0.29) is 47.0 Å². The molecule has 0 amide bonds. The van der Waals surface area contributed by atoms with Gasteiger partial charge in [0.1, 0.15) is 5.82 Å². The van der Waals surface area contributed by atoms with Crippen LogP contribution in [0.15, 0.2) is 18.5 Å². The summed E-state index contributed by atoms with van der Waals surface area (Å²) in [7, 11) is 0. The molecule has 134 valence electrons. The van der Waals surface area contributed by atoms with Gasteiger partial charge in [0.15, 0.2) is 0 Å². The van der Waals surface area contributed by atoms with Crippen LogP contribution >= 0.6 is 24.8 Å². The van der Waals surface area contributed by atoms with Crippen LogP contribution < -0.4 is 16.4 Å². The third kappa shape index (κ3) is 4.19. The number of halogens is 5. The number of nitrogens with zero attached hydrogens (tertiary/aromatic N) is 5. The van der Waals surface area contributed by atoms with Crippen LogP contribution in [0.2, 0.25) is 0 Å². The fourth-order valence-corrected chi connectivity index (χ4v) is 2.35. The summed E-state index contributed by atoms with van der Waals surface area (Å²) >= 11 is 0. The maximum absolute atomic E-state index is 12.6. The number of anilines is 2. The van der Waals surface area contributed by atoms with Crippen LogP contribution in [0.3, 0.4) is 0 Å². The van der Waals surface area contributed by atoms with Gasteiger partial charge in [-0.2, -0.15) is 14.8 Å². The van der Waals surface area contributed by atoms with Crippen molar-refractivity contribution in [2.45, 2.75) is 18.8 Å². The average Bonchev–Trinajstić information content (AvgIpc) is 3.05. The zero-order chi connectivity index (χ0) is 15.9. The maximum Gasteiger partial charge on any atom is 0.504 e. The first-order valence-corrected chi connectivity index (χ1v) is 6.60. The smallest absolute Gasteiger partial charge is 0.368 e. The van der Waals surface area contributed by atoms with Gasteiger partial charge in [0, 0.05) is 37.0 Å². The van der Waals surface area contributed by atoms with Crippen LogP contribution in [0, 0.1) is 0 Å². The highest BCUT2D eigenvalue weighted by atomic mass is 35.5. The number of aromatic nitrogens is 4. The molecule has 12 heteroatoms. The second-order valence-corrected chi connectivity index (χ2v) is 5.11. The first-order valence-electron chi connectivity index (χ1n) is 6.60. The predicted molar refractivity (Wildman–Crippen MR) is 88.3 cm³/mol. The van der Waals surface area contributed by atoms with Gasteiger partial charge in [-0.25, -0.2) is 4.98 Å². The van der Waals surface area contributed by atoms with Crippen LogP contribution in [-0.4, -0.2) is 38.9 Å². The monoisotopic (exact) mass is 385 g/mol. The highest BCUT2D eigenvalue weighted by Crippen LogP contribution is 2.27. The van der Waals surface area contributed by atoms with E-state index in [1.54, 1.807) is 6.07 Å². The summed E-state index contributed by atoms with van der Waals surface area (Å²) in [6.45, 7) is 1.34. The van der Waals surface area contributed by atoms with E-state index in [0.717, 1.165) is 25.4 Å². The van der Waals surface area contributed by atoms with Crippen LogP contribution in [0.1, 0.15) is 6.42 Å². The topological polar surface area (TPSA) is 98.9 Å². The van der Waals surface area contributed by atoms with Crippen molar-refractivity contribution in [2.75, 3.05) is 23.7 Å². The summed E-state index contributed by atoms with van der Waals surface area (Å²) in [5, 5.41) is 3.29. The molecule has 0 saturated carbocycles. The number of alkyl halides is 3. The van der Waals surface area contributed by atoms with Crippen LogP contribution in [-0.2, 0) is 6.30 Å². The highest BCUT2D eigenvalue weighted by molar-refractivity contribution is 5.85. The van der Waals surface area contributed by atoms with Crippen molar-refractivity contribution >= 4 is 36.6 Å². The fraction of sp³-hybridized carbons (Fsp3) is 0.417. The van der Waals surface area contributed by atoms with Gasteiger partial charge in [0.25, 0.3) is 0 Å². The quantitative estimate of drug-likeness (QED) is 0.817. The number of nitrogens with two attached hydrogens (primary N) is 2. The molecular formula is C12H16Cl2F3N7. The molecule has 1 saturated heterocycles. The van der Waals surface area contributed by atoms with Crippen molar-refractivity contribution in [1.82, 2.24) is 19.7 Å². The maximum atomic E-state index is 12.6. The Balaban J connectivity index is 0.00000144. The number of nitrogen functional groups attached to an aromatic ring is 1. The third-order valence-electron chi connectivity index (χ3n) is 3.42. The summed E-state index contributed by atoms with van der Waals surface area (Å²) in [5.41, 5.74) is 12.0. The molecule has 0 bridgehead atoms. The molecule has 2 aromatic heterocycles. The van der Waals surface area contributed by atoms with E-state index in [2.05, 4.69) is 15.1 Å².